The van der Waals surface area contributed by atoms with Gasteiger partial charge in [0.15, 0.2) is 11.5 Å². The molecular formula is C16H25NO2. The lowest BCUT2D eigenvalue weighted by atomic mass is 9.84. The second-order valence-corrected chi connectivity index (χ2v) is 5.57. The van der Waals surface area contributed by atoms with Gasteiger partial charge in [0.2, 0.25) is 0 Å². The van der Waals surface area contributed by atoms with E-state index < -0.39 is 0 Å². The predicted molar refractivity (Wildman–Crippen MR) is 77.5 cm³/mol. The predicted octanol–water partition coefficient (Wildman–Crippen LogP) is 3.46. The molecule has 1 unspecified atom stereocenters. The van der Waals surface area contributed by atoms with E-state index in [1.54, 1.807) is 13.2 Å². The van der Waals surface area contributed by atoms with Gasteiger partial charge in [-0.15, -0.1) is 0 Å². The monoisotopic (exact) mass is 263 g/mol. The molecule has 2 N–H and O–H groups in total. The molecule has 2 rings (SSSR count). The van der Waals surface area contributed by atoms with Gasteiger partial charge in [-0.25, -0.2) is 0 Å². The highest BCUT2D eigenvalue weighted by Gasteiger charge is 2.19. The summed E-state index contributed by atoms with van der Waals surface area (Å²) in [7, 11) is 1.58. The van der Waals surface area contributed by atoms with Crippen molar-refractivity contribution in [2.75, 3.05) is 7.11 Å². The summed E-state index contributed by atoms with van der Waals surface area (Å²) < 4.78 is 5.13. The molecule has 1 fully saturated rings. The van der Waals surface area contributed by atoms with Crippen LogP contribution in [0.3, 0.4) is 0 Å². The second kappa shape index (κ2) is 6.80. The summed E-state index contributed by atoms with van der Waals surface area (Å²) in [5.74, 6) is 1.56. The van der Waals surface area contributed by atoms with Gasteiger partial charge in [0.1, 0.15) is 0 Å². The van der Waals surface area contributed by atoms with E-state index >= 15 is 0 Å². The van der Waals surface area contributed by atoms with Crippen LogP contribution in [-0.4, -0.2) is 18.3 Å². The molecule has 0 radical (unpaired) electrons. The minimum absolute atomic E-state index is 0.201. The van der Waals surface area contributed by atoms with Gasteiger partial charge in [-0.1, -0.05) is 25.3 Å². The summed E-state index contributed by atoms with van der Waals surface area (Å²) in [4.78, 5) is 0. The van der Waals surface area contributed by atoms with Gasteiger partial charge < -0.3 is 15.2 Å². The van der Waals surface area contributed by atoms with E-state index in [0.29, 0.717) is 11.8 Å². The Labute approximate surface area is 116 Å². The van der Waals surface area contributed by atoms with Crippen LogP contribution in [0.2, 0.25) is 0 Å². The van der Waals surface area contributed by atoms with Gasteiger partial charge in [0.05, 0.1) is 7.11 Å². The van der Waals surface area contributed by atoms with Crippen LogP contribution in [0.5, 0.6) is 11.5 Å². The Hall–Kier alpha value is -1.22. The lowest BCUT2D eigenvalue weighted by Crippen LogP contribution is -2.34. The zero-order valence-electron chi connectivity index (χ0n) is 12.0. The molecule has 1 saturated carbocycles. The average molecular weight is 263 g/mol. The van der Waals surface area contributed by atoms with Gasteiger partial charge in [-0.2, -0.15) is 0 Å². The third-order valence-electron chi connectivity index (χ3n) is 4.23. The average Bonchev–Trinajstić information content (AvgIpc) is 2.47. The normalized spacial score (nSPS) is 18.2. The van der Waals surface area contributed by atoms with Crippen molar-refractivity contribution in [3.05, 3.63) is 23.8 Å². The summed E-state index contributed by atoms with van der Waals surface area (Å²) in [5, 5.41) is 13.2. The van der Waals surface area contributed by atoms with E-state index in [0.717, 1.165) is 18.0 Å². The third kappa shape index (κ3) is 3.87. The van der Waals surface area contributed by atoms with E-state index in [1.165, 1.54) is 32.1 Å². The Bertz CT molecular complexity index is 400. The van der Waals surface area contributed by atoms with Crippen LogP contribution in [0.15, 0.2) is 18.2 Å². The molecule has 1 aromatic carbocycles. The molecule has 106 valence electrons. The molecule has 1 atom stereocenters. The minimum atomic E-state index is 0.201. The van der Waals surface area contributed by atoms with Gasteiger partial charge in [-0.05, 0) is 43.4 Å². The number of nitrogens with one attached hydrogen (secondary N) is 1. The van der Waals surface area contributed by atoms with Gasteiger partial charge in [0.25, 0.3) is 0 Å². The Balaban J connectivity index is 1.87. The molecule has 1 aromatic rings. The first-order valence-corrected chi connectivity index (χ1v) is 7.30. The third-order valence-corrected chi connectivity index (χ3v) is 4.23. The fourth-order valence-electron chi connectivity index (χ4n) is 2.91. The van der Waals surface area contributed by atoms with Crippen LogP contribution in [0.4, 0.5) is 0 Å². The highest BCUT2D eigenvalue weighted by Crippen LogP contribution is 2.28. The lowest BCUT2D eigenvalue weighted by molar-refractivity contribution is 0.280. The van der Waals surface area contributed by atoms with E-state index in [2.05, 4.69) is 12.2 Å². The number of rotatable bonds is 5. The van der Waals surface area contributed by atoms with Gasteiger partial charge >= 0.3 is 0 Å². The Kier molecular flexibility index (Phi) is 5.08. The summed E-state index contributed by atoms with van der Waals surface area (Å²) >= 11 is 0. The number of aromatic hydroxyl groups is 1. The van der Waals surface area contributed by atoms with Crippen molar-refractivity contribution in [1.29, 1.82) is 0 Å². The van der Waals surface area contributed by atoms with Crippen molar-refractivity contribution in [2.24, 2.45) is 5.92 Å². The highest BCUT2D eigenvalue weighted by molar-refractivity contribution is 5.41. The zero-order valence-corrected chi connectivity index (χ0v) is 12.0. The molecule has 3 nitrogen and oxygen atoms in total. The topological polar surface area (TPSA) is 41.5 Å². The van der Waals surface area contributed by atoms with Crippen molar-refractivity contribution < 1.29 is 9.84 Å². The van der Waals surface area contributed by atoms with Gasteiger partial charge in [-0.3, -0.25) is 0 Å². The summed E-state index contributed by atoms with van der Waals surface area (Å²) in [6, 6.07) is 6.09. The number of hydrogen-bond donors (Lipinski definition) is 2. The maximum atomic E-state index is 9.57. The Morgan fingerprint density at radius 1 is 1.32 bits per heavy atom. The first-order chi connectivity index (χ1) is 9.20. The van der Waals surface area contributed by atoms with E-state index in [9.17, 15) is 5.11 Å². The molecular weight excluding hydrogens is 238 g/mol. The van der Waals surface area contributed by atoms with Crippen molar-refractivity contribution in [3.8, 4) is 11.5 Å². The molecule has 0 saturated heterocycles. The fourth-order valence-corrected chi connectivity index (χ4v) is 2.91. The molecule has 1 aliphatic rings. The first-order valence-electron chi connectivity index (χ1n) is 7.30. The second-order valence-electron chi connectivity index (χ2n) is 5.57. The maximum absolute atomic E-state index is 9.57. The van der Waals surface area contributed by atoms with Crippen molar-refractivity contribution in [1.82, 2.24) is 5.32 Å². The maximum Gasteiger partial charge on any atom is 0.160 e. The molecule has 0 aliphatic heterocycles. The largest absolute Gasteiger partial charge is 0.504 e. The standard InChI is InChI=1S/C16H25NO2/c1-12(14-6-4-3-5-7-14)17-11-13-8-9-15(18)16(10-13)19-2/h8-10,12,14,17-18H,3-7,11H2,1-2H3. The summed E-state index contributed by atoms with van der Waals surface area (Å²) in [6.07, 6.45) is 6.87. The first kappa shape index (κ1) is 14.2. The van der Waals surface area contributed by atoms with Crippen molar-refractivity contribution in [3.63, 3.8) is 0 Å². The van der Waals surface area contributed by atoms with Crippen LogP contribution in [0.1, 0.15) is 44.6 Å². The molecule has 0 spiro atoms. The number of ether oxygens (including phenoxy) is 1. The molecule has 0 heterocycles. The number of phenols is 1. The number of hydrogen-bond acceptors (Lipinski definition) is 3. The smallest absolute Gasteiger partial charge is 0.160 e. The zero-order chi connectivity index (χ0) is 13.7. The number of methoxy groups -OCH3 is 1. The van der Waals surface area contributed by atoms with Crippen molar-refractivity contribution in [2.45, 2.75) is 51.6 Å². The van der Waals surface area contributed by atoms with Crippen LogP contribution in [-0.2, 0) is 6.54 Å². The molecule has 19 heavy (non-hydrogen) atoms. The number of phenolic OH excluding ortho intramolecular Hbond substituents is 1. The van der Waals surface area contributed by atoms with Crippen LogP contribution < -0.4 is 10.1 Å². The van der Waals surface area contributed by atoms with E-state index in [1.807, 2.05) is 12.1 Å². The molecule has 1 aliphatic carbocycles. The Morgan fingerprint density at radius 2 is 2.05 bits per heavy atom. The summed E-state index contributed by atoms with van der Waals surface area (Å²) in [6.45, 7) is 3.11. The quantitative estimate of drug-likeness (QED) is 0.855. The van der Waals surface area contributed by atoms with E-state index in [-0.39, 0.29) is 5.75 Å². The van der Waals surface area contributed by atoms with E-state index in [4.69, 9.17) is 4.74 Å². The minimum Gasteiger partial charge on any atom is -0.504 e. The molecule has 0 amide bonds. The number of benzene rings is 1. The SMILES string of the molecule is COc1cc(CNC(C)C2CCCCC2)ccc1O. The van der Waals surface area contributed by atoms with Crippen LogP contribution in [0.25, 0.3) is 0 Å². The Morgan fingerprint density at radius 3 is 2.74 bits per heavy atom. The van der Waals surface area contributed by atoms with Crippen molar-refractivity contribution >= 4 is 0 Å². The molecule has 0 bridgehead atoms. The van der Waals surface area contributed by atoms with Crippen LogP contribution >= 0.6 is 0 Å². The fraction of sp³-hybridized carbons (Fsp3) is 0.625. The summed E-state index contributed by atoms with van der Waals surface area (Å²) in [5.41, 5.74) is 1.15. The lowest BCUT2D eigenvalue weighted by Gasteiger charge is -2.28. The van der Waals surface area contributed by atoms with Crippen LogP contribution in [0, 0.1) is 5.92 Å². The molecule has 3 heteroatoms. The highest BCUT2D eigenvalue weighted by atomic mass is 16.5. The molecule has 0 aromatic heterocycles. The van der Waals surface area contributed by atoms with Gasteiger partial charge in [0, 0.05) is 12.6 Å².